The number of tetrazole rings is 1. The highest BCUT2D eigenvalue weighted by molar-refractivity contribution is 9.10. The van der Waals surface area contributed by atoms with Crippen molar-refractivity contribution in [3.63, 3.8) is 0 Å². The Morgan fingerprint density at radius 1 is 1.52 bits per heavy atom. The second-order valence-electron chi connectivity index (χ2n) is 4.46. The van der Waals surface area contributed by atoms with Crippen molar-refractivity contribution in [3.8, 4) is 17.1 Å². The zero-order valence-electron chi connectivity index (χ0n) is 11.7. The first-order chi connectivity index (χ1) is 10.1. The van der Waals surface area contributed by atoms with E-state index in [1.165, 1.54) is 0 Å². The fourth-order valence-electron chi connectivity index (χ4n) is 2.04. The third-order valence-electron chi connectivity index (χ3n) is 3.13. The summed E-state index contributed by atoms with van der Waals surface area (Å²) in [5, 5.41) is 20.6. The smallest absolute Gasteiger partial charge is 0.305 e. The van der Waals surface area contributed by atoms with Gasteiger partial charge in [0.05, 0.1) is 24.0 Å². The standard InChI is InChI=1S/C13H15BrN4O3/c1-3-9(7-12(19)20)18-13(15-16-17-18)8-4-5-11(21-2)10(14)6-8/h4-6,9H,3,7H2,1-2H3,(H,19,20). The number of carboxylic acids is 1. The van der Waals surface area contributed by atoms with Crippen molar-refractivity contribution < 1.29 is 14.6 Å². The van der Waals surface area contributed by atoms with Gasteiger partial charge in [0.2, 0.25) is 0 Å². The molecular formula is C13H15BrN4O3. The van der Waals surface area contributed by atoms with E-state index in [-0.39, 0.29) is 12.5 Å². The Kier molecular flexibility index (Phi) is 4.89. The molecule has 0 aliphatic heterocycles. The molecule has 1 aromatic heterocycles. The van der Waals surface area contributed by atoms with E-state index < -0.39 is 5.97 Å². The molecule has 1 heterocycles. The lowest BCUT2D eigenvalue weighted by Gasteiger charge is -2.14. The summed E-state index contributed by atoms with van der Waals surface area (Å²) in [7, 11) is 1.59. The second-order valence-corrected chi connectivity index (χ2v) is 5.31. The van der Waals surface area contributed by atoms with Gasteiger partial charge in [-0.15, -0.1) is 5.10 Å². The number of benzene rings is 1. The minimum atomic E-state index is -0.876. The first-order valence-corrected chi connectivity index (χ1v) is 7.19. The molecule has 1 N–H and O–H groups in total. The van der Waals surface area contributed by atoms with Crippen molar-refractivity contribution >= 4 is 21.9 Å². The van der Waals surface area contributed by atoms with Crippen LogP contribution in [0.4, 0.5) is 0 Å². The van der Waals surface area contributed by atoms with E-state index in [1.54, 1.807) is 17.9 Å². The maximum Gasteiger partial charge on any atom is 0.305 e. The van der Waals surface area contributed by atoms with Crippen LogP contribution in [0.1, 0.15) is 25.8 Å². The maximum atomic E-state index is 10.9. The minimum Gasteiger partial charge on any atom is -0.496 e. The van der Waals surface area contributed by atoms with Crippen LogP contribution in [0.5, 0.6) is 5.75 Å². The van der Waals surface area contributed by atoms with Crippen molar-refractivity contribution in [2.45, 2.75) is 25.8 Å². The van der Waals surface area contributed by atoms with Crippen LogP contribution in [-0.2, 0) is 4.79 Å². The van der Waals surface area contributed by atoms with Crippen LogP contribution in [-0.4, -0.2) is 38.4 Å². The number of halogens is 1. The fraction of sp³-hybridized carbons (Fsp3) is 0.385. The predicted octanol–water partition coefficient (Wildman–Crippen LogP) is 2.54. The molecule has 1 unspecified atom stereocenters. The fourth-order valence-corrected chi connectivity index (χ4v) is 2.58. The minimum absolute atomic E-state index is 0.0220. The number of carboxylic acid groups (broad SMARTS) is 1. The molecule has 0 aliphatic carbocycles. The number of aromatic nitrogens is 4. The largest absolute Gasteiger partial charge is 0.496 e. The van der Waals surface area contributed by atoms with Crippen LogP contribution in [0.25, 0.3) is 11.4 Å². The molecule has 112 valence electrons. The molecule has 0 bridgehead atoms. The molecule has 21 heavy (non-hydrogen) atoms. The van der Waals surface area contributed by atoms with Crippen molar-refractivity contribution in [2.24, 2.45) is 0 Å². The highest BCUT2D eigenvalue weighted by Gasteiger charge is 2.20. The molecular weight excluding hydrogens is 340 g/mol. The summed E-state index contributed by atoms with van der Waals surface area (Å²) >= 11 is 3.41. The van der Waals surface area contributed by atoms with Crippen LogP contribution < -0.4 is 4.74 Å². The molecule has 0 saturated heterocycles. The number of hydrogen-bond donors (Lipinski definition) is 1. The van der Waals surface area contributed by atoms with Crippen LogP contribution in [0, 0.1) is 0 Å². The van der Waals surface area contributed by atoms with E-state index in [4.69, 9.17) is 9.84 Å². The zero-order valence-corrected chi connectivity index (χ0v) is 13.2. The van der Waals surface area contributed by atoms with Gasteiger partial charge in [0, 0.05) is 5.56 Å². The van der Waals surface area contributed by atoms with Gasteiger partial charge in [-0.2, -0.15) is 0 Å². The van der Waals surface area contributed by atoms with Crippen LogP contribution >= 0.6 is 15.9 Å². The van der Waals surface area contributed by atoms with Gasteiger partial charge in [-0.05, 0) is 51.0 Å². The summed E-state index contributed by atoms with van der Waals surface area (Å²) in [5.41, 5.74) is 0.788. The average molecular weight is 355 g/mol. The molecule has 0 radical (unpaired) electrons. The summed E-state index contributed by atoms with van der Waals surface area (Å²) in [6.45, 7) is 1.91. The van der Waals surface area contributed by atoms with Crippen molar-refractivity contribution in [1.29, 1.82) is 0 Å². The molecule has 0 fully saturated rings. The van der Waals surface area contributed by atoms with E-state index in [2.05, 4.69) is 31.5 Å². The van der Waals surface area contributed by atoms with Crippen LogP contribution in [0.3, 0.4) is 0 Å². The number of carbonyl (C=O) groups is 1. The Hall–Kier alpha value is -1.96. The Balaban J connectivity index is 2.39. The normalized spacial score (nSPS) is 12.1. The Morgan fingerprint density at radius 2 is 2.29 bits per heavy atom. The van der Waals surface area contributed by atoms with Gasteiger partial charge in [-0.1, -0.05) is 6.92 Å². The van der Waals surface area contributed by atoms with Gasteiger partial charge in [0.15, 0.2) is 5.82 Å². The molecule has 0 aliphatic rings. The van der Waals surface area contributed by atoms with Gasteiger partial charge in [0.25, 0.3) is 0 Å². The molecule has 0 spiro atoms. The van der Waals surface area contributed by atoms with Crippen LogP contribution in [0.15, 0.2) is 22.7 Å². The van der Waals surface area contributed by atoms with Gasteiger partial charge < -0.3 is 9.84 Å². The van der Waals surface area contributed by atoms with E-state index in [0.29, 0.717) is 18.0 Å². The number of aliphatic carboxylic acids is 1. The van der Waals surface area contributed by atoms with E-state index >= 15 is 0 Å². The van der Waals surface area contributed by atoms with Gasteiger partial charge in [0.1, 0.15) is 5.75 Å². The molecule has 2 aromatic rings. The van der Waals surface area contributed by atoms with Crippen molar-refractivity contribution in [2.75, 3.05) is 7.11 Å². The number of ether oxygens (including phenoxy) is 1. The van der Waals surface area contributed by atoms with E-state index in [1.807, 2.05) is 19.1 Å². The van der Waals surface area contributed by atoms with Crippen LogP contribution in [0.2, 0.25) is 0 Å². The molecule has 2 rings (SSSR count). The maximum absolute atomic E-state index is 10.9. The summed E-state index contributed by atoms with van der Waals surface area (Å²) < 4.78 is 7.52. The Labute approximate surface area is 130 Å². The number of hydrogen-bond acceptors (Lipinski definition) is 5. The topological polar surface area (TPSA) is 90.1 Å². The number of methoxy groups -OCH3 is 1. The van der Waals surface area contributed by atoms with Crippen molar-refractivity contribution in [3.05, 3.63) is 22.7 Å². The third kappa shape index (κ3) is 3.38. The monoisotopic (exact) mass is 354 g/mol. The summed E-state index contributed by atoms with van der Waals surface area (Å²) in [6.07, 6.45) is 0.605. The highest BCUT2D eigenvalue weighted by Crippen LogP contribution is 2.30. The van der Waals surface area contributed by atoms with Gasteiger partial charge >= 0.3 is 5.97 Å². The summed E-state index contributed by atoms with van der Waals surface area (Å²) in [6, 6.07) is 5.19. The molecule has 0 saturated carbocycles. The second kappa shape index (κ2) is 6.66. The predicted molar refractivity (Wildman–Crippen MR) is 79.1 cm³/mol. The van der Waals surface area contributed by atoms with E-state index in [9.17, 15) is 4.79 Å². The molecule has 1 atom stereocenters. The first kappa shape index (κ1) is 15.4. The lowest BCUT2D eigenvalue weighted by molar-refractivity contribution is -0.138. The van der Waals surface area contributed by atoms with Gasteiger partial charge in [-0.3, -0.25) is 4.79 Å². The quantitative estimate of drug-likeness (QED) is 0.856. The summed E-state index contributed by atoms with van der Waals surface area (Å²) in [4.78, 5) is 10.9. The van der Waals surface area contributed by atoms with Crippen molar-refractivity contribution in [1.82, 2.24) is 20.2 Å². The molecule has 1 aromatic carbocycles. The van der Waals surface area contributed by atoms with Gasteiger partial charge in [-0.25, -0.2) is 4.68 Å². The Morgan fingerprint density at radius 3 is 2.86 bits per heavy atom. The highest BCUT2D eigenvalue weighted by atomic mass is 79.9. The van der Waals surface area contributed by atoms with E-state index in [0.717, 1.165) is 10.0 Å². The molecule has 7 nitrogen and oxygen atoms in total. The Bertz CT molecular complexity index is 644. The zero-order chi connectivity index (χ0) is 15.4. The average Bonchev–Trinajstić information content (AvgIpc) is 2.93. The third-order valence-corrected chi connectivity index (χ3v) is 3.75. The first-order valence-electron chi connectivity index (χ1n) is 6.40. The molecule has 8 heteroatoms. The number of rotatable bonds is 6. The SMILES string of the molecule is CCC(CC(=O)O)n1nnnc1-c1ccc(OC)c(Br)c1. The molecule has 0 amide bonds. The summed E-state index contributed by atoms with van der Waals surface area (Å²) in [5.74, 6) is 0.362. The lowest BCUT2D eigenvalue weighted by atomic mass is 10.1. The lowest BCUT2D eigenvalue weighted by Crippen LogP contribution is -2.15. The number of nitrogens with zero attached hydrogens (tertiary/aromatic N) is 4.